The van der Waals surface area contributed by atoms with E-state index >= 15 is 0 Å². The molecule has 3 nitrogen and oxygen atoms in total. The molecule has 1 heterocycles. The molecule has 0 unspecified atom stereocenters. The van der Waals surface area contributed by atoms with E-state index in [2.05, 4.69) is 61.3 Å². The second kappa shape index (κ2) is 7.15. The lowest BCUT2D eigenvalue weighted by Crippen LogP contribution is -2.25. The fourth-order valence-electron chi connectivity index (χ4n) is 2.18. The Morgan fingerprint density at radius 2 is 1.90 bits per heavy atom. The van der Waals surface area contributed by atoms with Gasteiger partial charge in [0.25, 0.3) is 0 Å². The van der Waals surface area contributed by atoms with Gasteiger partial charge in [0.1, 0.15) is 5.76 Å². The van der Waals surface area contributed by atoms with Gasteiger partial charge in [0.05, 0.1) is 12.8 Å². The van der Waals surface area contributed by atoms with Gasteiger partial charge in [0.15, 0.2) is 0 Å². The Morgan fingerprint density at radius 3 is 2.55 bits per heavy atom. The van der Waals surface area contributed by atoms with Gasteiger partial charge in [-0.25, -0.2) is 0 Å². The summed E-state index contributed by atoms with van der Waals surface area (Å²) < 4.78 is 5.67. The number of hydrogen-bond donors (Lipinski definition) is 1. The molecule has 1 aromatic carbocycles. The van der Waals surface area contributed by atoms with E-state index in [9.17, 15) is 0 Å². The average molecular weight is 272 g/mol. The number of nitrogens with one attached hydrogen (secondary N) is 1. The van der Waals surface area contributed by atoms with Gasteiger partial charge in [-0.2, -0.15) is 0 Å². The van der Waals surface area contributed by atoms with Crippen molar-refractivity contribution in [1.82, 2.24) is 5.32 Å². The van der Waals surface area contributed by atoms with Crippen molar-refractivity contribution in [3.63, 3.8) is 0 Å². The van der Waals surface area contributed by atoms with E-state index in [1.54, 1.807) is 6.26 Å². The summed E-state index contributed by atoms with van der Waals surface area (Å²) >= 11 is 0. The van der Waals surface area contributed by atoms with Gasteiger partial charge in [-0.3, -0.25) is 0 Å². The lowest BCUT2D eigenvalue weighted by molar-refractivity contribution is 0.492. The largest absolute Gasteiger partial charge is 0.467 e. The second-order valence-electron chi connectivity index (χ2n) is 5.25. The molecular weight excluding hydrogens is 248 g/mol. The summed E-state index contributed by atoms with van der Waals surface area (Å²) in [4.78, 5) is 2.32. The summed E-state index contributed by atoms with van der Waals surface area (Å²) in [5, 5.41) is 3.44. The smallest absolute Gasteiger partial charge is 0.127 e. The second-order valence-corrected chi connectivity index (χ2v) is 5.25. The normalized spacial score (nSPS) is 11.0. The molecule has 0 fully saturated rings. The Bertz CT molecular complexity index is 505. The summed E-state index contributed by atoms with van der Waals surface area (Å²) in [5.74, 6) is 1.05. The number of para-hydroxylation sites is 1. The monoisotopic (exact) mass is 272 g/mol. The number of benzene rings is 1. The topological polar surface area (TPSA) is 28.4 Å². The molecule has 0 saturated carbocycles. The molecule has 1 N–H and O–H groups in total. The highest BCUT2D eigenvalue weighted by molar-refractivity contribution is 5.46. The van der Waals surface area contributed by atoms with Crippen LogP contribution in [0, 0.1) is 0 Å². The SMILES string of the molecule is CCN(Cc1occc1CNC(C)C)c1ccccc1. The first-order valence-corrected chi connectivity index (χ1v) is 7.29. The fraction of sp³-hybridized carbons (Fsp3) is 0.412. The van der Waals surface area contributed by atoms with Crippen LogP contribution in [-0.2, 0) is 13.1 Å². The van der Waals surface area contributed by atoms with E-state index in [4.69, 9.17) is 4.42 Å². The zero-order valence-corrected chi connectivity index (χ0v) is 12.6. The first-order valence-electron chi connectivity index (χ1n) is 7.29. The van der Waals surface area contributed by atoms with E-state index in [0.29, 0.717) is 6.04 Å². The molecule has 0 bridgehead atoms. The number of nitrogens with zero attached hydrogens (tertiary/aromatic N) is 1. The molecule has 2 rings (SSSR count). The van der Waals surface area contributed by atoms with Gasteiger partial charge in [0.2, 0.25) is 0 Å². The summed E-state index contributed by atoms with van der Waals surface area (Å²) in [7, 11) is 0. The molecule has 1 aromatic heterocycles. The Hall–Kier alpha value is -1.74. The van der Waals surface area contributed by atoms with Crippen molar-refractivity contribution >= 4 is 5.69 Å². The number of rotatable bonds is 7. The van der Waals surface area contributed by atoms with Crippen molar-refractivity contribution in [2.24, 2.45) is 0 Å². The van der Waals surface area contributed by atoms with Crippen molar-refractivity contribution in [3.8, 4) is 0 Å². The Balaban J connectivity index is 2.07. The van der Waals surface area contributed by atoms with Crippen LogP contribution in [0.5, 0.6) is 0 Å². The number of furan rings is 1. The zero-order chi connectivity index (χ0) is 14.4. The lowest BCUT2D eigenvalue weighted by atomic mass is 10.2. The van der Waals surface area contributed by atoms with E-state index in [0.717, 1.165) is 25.4 Å². The first kappa shape index (κ1) is 14.7. The number of hydrogen-bond acceptors (Lipinski definition) is 3. The van der Waals surface area contributed by atoms with Gasteiger partial charge in [-0.05, 0) is 25.1 Å². The van der Waals surface area contributed by atoms with Crippen LogP contribution in [0.15, 0.2) is 47.1 Å². The summed E-state index contributed by atoms with van der Waals surface area (Å²) in [6.07, 6.45) is 1.78. The molecule has 0 radical (unpaired) electrons. The predicted octanol–water partition coefficient (Wildman–Crippen LogP) is 3.80. The summed E-state index contributed by atoms with van der Waals surface area (Å²) in [5.41, 5.74) is 2.47. The van der Waals surface area contributed by atoms with Crippen LogP contribution in [0.4, 0.5) is 5.69 Å². The van der Waals surface area contributed by atoms with Gasteiger partial charge >= 0.3 is 0 Å². The van der Waals surface area contributed by atoms with Gasteiger partial charge in [-0.1, -0.05) is 32.0 Å². The molecule has 3 heteroatoms. The zero-order valence-electron chi connectivity index (χ0n) is 12.6. The Kier molecular flexibility index (Phi) is 5.24. The maximum absolute atomic E-state index is 5.67. The van der Waals surface area contributed by atoms with Gasteiger partial charge in [-0.15, -0.1) is 0 Å². The quantitative estimate of drug-likeness (QED) is 0.831. The third-order valence-electron chi connectivity index (χ3n) is 3.38. The molecule has 0 saturated heterocycles. The van der Waals surface area contributed by atoms with E-state index in [1.165, 1.54) is 11.3 Å². The summed E-state index contributed by atoms with van der Waals surface area (Å²) in [6, 6.07) is 13.0. The highest BCUT2D eigenvalue weighted by Crippen LogP contribution is 2.19. The van der Waals surface area contributed by atoms with Crippen molar-refractivity contribution in [2.75, 3.05) is 11.4 Å². The number of anilines is 1. The first-order chi connectivity index (χ1) is 9.70. The van der Waals surface area contributed by atoms with Crippen LogP contribution in [0.2, 0.25) is 0 Å². The van der Waals surface area contributed by atoms with Crippen LogP contribution in [0.25, 0.3) is 0 Å². The molecule has 20 heavy (non-hydrogen) atoms. The molecule has 2 aromatic rings. The summed E-state index contributed by atoms with van der Waals surface area (Å²) in [6.45, 7) is 9.10. The fourth-order valence-corrected chi connectivity index (χ4v) is 2.18. The molecule has 0 atom stereocenters. The van der Waals surface area contributed by atoms with E-state index < -0.39 is 0 Å². The molecule has 0 spiro atoms. The van der Waals surface area contributed by atoms with Crippen LogP contribution < -0.4 is 10.2 Å². The molecule has 108 valence electrons. The molecule has 0 aliphatic rings. The van der Waals surface area contributed by atoms with Crippen LogP contribution >= 0.6 is 0 Å². The van der Waals surface area contributed by atoms with Crippen LogP contribution in [-0.4, -0.2) is 12.6 Å². The van der Waals surface area contributed by atoms with Crippen LogP contribution in [0.1, 0.15) is 32.1 Å². The highest BCUT2D eigenvalue weighted by Gasteiger charge is 2.11. The molecule has 0 aliphatic carbocycles. The standard InChI is InChI=1S/C17H24N2O/c1-4-19(16-8-6-5-7-9-16)13-17-15(10-11-20-17)12-18-14(2)3/h5-11,14,18H,4,12-13H2,1-3H3. The van der Waals surface area contributed by atoms with Crippen molar-refractivity contribution in [1.29, 1.82) is 0 Å². The van der Waals surface area contributed by atoms with Crippen molar-refractivity contribution in [2.45, 2.75) is 39.9 Å². The van der Waals surface area contributed by atoms with Crippen molar-refractivity contribution in [3.05, 3.63) is 54.0 Å². The minimum absolute atomic E-state index is 0.481. The third kappa shape index (κ3) is 3.87. The Morgan fingerprint density at radius 1 is 1.15 bits per heavy atom. The predicted molar refractivity (Wildman–Crippen MR) is 83.8 cm³/mol. The third-order valence-corrected chi connectivity index (χ3v) is 3.38. The maximum Gasteiger partial charge on any atom is 0.127 e. The van der Waals surface area contributed by atoms with Gasteiger partial charge in [0, 0.05) is 30.4 Å². The maximum atomic E-state index is 5.67. The van der Waals surface area contributed by atoms with E-state index in [-0.39, 0.29) is 0 Å². The average Bonchev–Trinajstić information content (AvgIpc) is 2.90. The van der Waals surface area contributed by atoms with E-state index in [1.807, 2.05) is 6.07 Å². The van der Waals surface area contributed by atoms with Gasteiger partial charge < -0.3 is 14.6 Å². The lowest BCUT2D eigenvalue weighted by Gasteiger charge is -2.22. The highest BCUT2D eigenvalue weighted by atomic mass is 16.3. The van der Waals surface area contributed by atoms with Crippen molar-refractivity contribution < 1.29 is 4.42 Å². The van der Waals surface area contributed by atoms with Crippen LogP contribution in [0.3, 0.4) is 0 Å². The molecular formula is C17H24N2O. The minimum atomic E-state index is 0.481. The molecule has 0 aliphatic heterocycles. The minimum Gasteiger partial charge on any atom is -0.467 e. The Labute approximate surface area is 121 Å². The molecule has 0 amide bonds.